The SMILES string of the molecule is CCNC(=NCC(=O)Nc1ccccc1)N1CCN(c2ccccc2O)CC1. The smallest absolute Gasteiger partial charge is 0.246 e. The van der Waals surface area contributed by atoms with Crippen molar-refractivity contribution in [3.63, 3.8) is 0 Å². The highest BCUT2D eigenvalue weighted by Gasteiger charge is 2.21. The molecule has 0 aromatic heterocycles. The Hall–Kier alpha value is -3.22. The number of hydrogen-bond acceptors (Lipinski definition) is 4. The number of guanidine groups is 1. The van der Waals surface area contributed by atoms with Gasteiger partial charge in [0.25, 0.3) is 0 Å². The van der Waals surface area contributed by atoms with E-state index in [1.54, 1.807) is 6.07 Å². The topological polar surface area (TPSA) is 80.2 Å². The molecule has 3 rings (SSSR count). The van der Waals surface area contributed by atoms with Crippen LogP contribution in [0, 0.1) is 0 Å². The Labute approximate surface area is 165 Å². The van der Waals surface area contributed by atoms with Crippen LogP contribution in [0.3, 0.4) is 0 Å². The van der Waals surface area contributed by atoms with E-state index in [0.29, 0.717) is 5.75 Å². The van der Waals surface area contributed by atoms with E-state index in [1.807, 2.05) is 55.5 Å². The monoisotopic (exact) mass is 381 g/mol. The Bertz CT molecular complexity index is 801. The molecule has 0 saturated carbocycles. The van der Waals surface area contributed by atoms with E-state index in [9.17, 15) is 9.90 Å². The van der Waals surface area contributed by atoms with Gasteiger partial charge in [0.15, 0.2) is 5.96 Å². The molecule has 0 radical (unpaired) electrons. The van der Waals surface area contributed by atoms with Crippen LogP contribution >= 0.6 is 0 Å². The van der Waals surface area contributed by atoms with Crippen LogP contribution in [0.25, 0.3) is 0 Å². The highest BCUT2D eigenvalue weighted by Crippen LogP contribution is 2.27. The van der Waals surface area contributed by atoms with Gasteiger partial charge in [-0.1, -0.05) is 30.3 Å². The molecular weight excluding hydrogens is 354 g/mol. The first-order valence-electron chi connectivity index (χ1n) is 9.58. The van der Waals surface area contributed by atoms with Gasteiger partial charge in [-0.25, -0.2) is 4.99 Å². The first kappa shape index (κ1) is 19.5. The van der Waals surface area contributed by atoms with Crippen molar-refractivity contribution in [2.24, 2.45) is 4.99 Å². The summed E-state index contributed by atoms with van der Waals surface area (Å²) in [6, 6.07) is 16.8. The lowest BCUT2D eigenvalue weighted by Crippen LogP contribution is -2.52. The number of anilines is 2. The van der Waals surface area contributed by atoms with E-state index in [-0.39, 0.29) is 12.5 Å². The number of aromatic hydroxyl groups is 1. The lowest BCUT2D eigenvalue weighted by atomic mass is 10.2. The predicted molar refractivity (Wildman–Crippen MR) is 113 cm³/mol. The molecule has 0 unspecified atom stereocenters. The number of hydrogen-bond donors (Lipinski definition) is 3. The average Bonchev–Trinajstić information content (AvgIpc) is 2.72. The minimum Gasteiger partial charge on any atom is -0.506 e. The lowest BCUT2D eigenvalue weighted by Gasteiger charge is -2.37. The van der Waals surface area contributed by atoms with Crippen LogP contribution in [0.15, 0.2) is 59.6 Å². The van der Waals surface area contributed by atoms with E-state index < -0.39 is 0 Å². The molecule has 2 aromatic carbocycles. The number of nitrogens with zero attached hydrogens (tertiary/aromatic N) is 3. The van der Waals surface area contributed by atoms with E-state index in [4.69, 9.17) is 0 Å². The summed E-state index contributed by atoms with van der Waals surface area (Å²) < 4.78 is 0. The van der Waals surface area contributed by atoms with Crippen molar-refractivity contribution >= 4 is 23.2 Å². The van der Waals surface area contributed by atoms with Crippen LogP contribution < -0.4 is 15.5 Å². The van der Waals surface area contributed by atoms with Crippen LogP contribution in [0.5, 0.6) is 5.75 Å². The predicted octanol–water partition coefficient (Wildman–Crippen LogP) is 2.12. The van der Waals surface area contributed by atoms with Gasteiger partial charge < -0.3 is 25.5 Å². The third-order valence-corrected chi connectivity index (χ3v) is 4.57. The Balaban J connectivity index is 1.57. The number of amides is 1. The molecule has 7 heteroatoms. The van der Waals surface area contributed by atoms with E-state index in [0.717, 1.165) is 50.1 Å². The summed E-state index contributed by atoms with van der Waals surface area (Å²) in [6.45, 7) is 5.89. The van der Waals surface area contributed by atoms with Gasteiger partial charge in [0.05, 0.1) is 5.69 Å². The Morgan fingerprint density at radius 1 is 1.04 bits per heavy atom. The van der Waals surface area contributed by atoms with Crippen molar-refractivity contribution in [3.05, 3.63) is 54.6 Å². The summed E-state index contributed by atoms with van der Waals surface area (Å²) in [6.07, 6.45) is 0. The molecule has 148 valence electrons. The largest absolute Gasteiger partial charge is 0.506 e. The fourth-order valence-corrected chi connectivity index (χ4v) is 3.19. The zero-order valence-electron chi connectivity index (χ0n) is 16.1. The number of phenolic OH excluding ortho intramolecular Hbond substituents is 1. The van der Waals surface area contributed by atoms with Crippen LogP contribution in [0.4, 0.5) is 11.4 Å². The highest BCUT2D eigenvalue weighted by atomic mass is 16.3. The molecule has 1 amide bonds. The third kappa shape index (κ3) is 5.16. The summed E-state index contributed by atoms with van der Waals surface area (Å²) in [7, 11) is 0. The fourth-order valence-electron chi connectivity index (χ4n) is 3.19. The van der Waals surface area contributed by atoms with Crippen LogP contribution in [-0.4, -0.2) is 61.1 Å². The Morgan fingerprint density at radius 2 is 1.71 bits per heavy atom. The van der Waals surface area contributed by atoms with Gasteiger partial charge in [0.2, 0.25) is 5.91 Å². The van der Waals surface area contributed by atoms with Crippen molar-refractivity contribution < 1.29 is 9.90 Å². The molecule has 2 aromatic rings. The summed E-state index contributed by atoms with van der Waals surface area (Å²) >= 11 is 0. The summed E-state index contributed by atoms with van der Waals surface area (Å²) in [5.74, 6) is 0.895. The molecule has 0 bridgehead atoms. The van der Waals surface area contributed by atoms with E-state index >= 15 is 0 Å². The number of aliphatic imine (C=N–C) groups is 1. The van der Waals surface area contributed by atoms with Crippen LogP contribution in [0.1, 0.15) is 6.92 Å². The number of carbonyl (C=O) groups excluding carboxylic acids is 1. The second-order valence-electron chi connectivity index (χ2n) is 6.55. The number of rotatable bonds is 5. The summed E-state index contributed by atoms with van der Waals surface area (Å²) in [5, 5.41) is 16.2. The van der Waals surface area contributed by atoms with Crippen molar-refractivity contribution in [1.29, 1.82) is 0 Å². The summed E-state index contributed by atoms with van der Waals surface area (Å²) in [4.78, 5) is 21.0. The second kappa shape index (κ2) is 9.64. The molecule has 1 saturated heterocycles. The maximum absolute atomic E-state index is 12.2. The van der Waals surface area contributed by atoms with Gasteiger partial charge in [-0.05, 0) is 31.2 Å². The first-order valence-corrected chi connectivity index (χ1v) is 9.58. The number of benzene rings is 2. The van der Waals surface area contributed by atoms with Crippen molar-refractivity contribution in [2.75, 3.05) is 49.5 Å². The number of para-hydroxylation sites is 3. The maximum Gasteiger partial charge on any atom is 0.246 e. The molecular formula is C21H27N5O2. The number of piperazine rings is 1. The third-order valence-electron chi connectivity index (χ3n) is 4.57. The molecule has 3 N–H and O–H groups in total. The van der Waals surface area contributed by atoms with Crippen molar-refractivity contribution in [3.8, 4) is 5.75 Å². The number of phenols is 1. The Kier molecular flexibility index (Phi) is 6.73. The normalized spacial score (nSPS) is 14.7. The minimum absolute atomic E-state index is 0.0664. The molecule has 1 fully saturated rings. The molecule has 1 aliphatic heterocycles. The maximum atomic E-state index is 12.2. The molecule has 0 aliphatic carbocycles. The van der Waals surface area contributed by atoms with Gasteiger partial charge in [-0.15, -0.1) is 0 Å². The van der Waals surface area contributed by atoms with E-state index in [2.05, 4.69) is 25.4 Å². The van der Waals surface area contributed by atoms with Gasteiger partial charge in [0, 0.05) is 38.4 Å². The van der Waals surface area contributed by atoms with Gasteiger partial charge >= 0.3 is 0 Å². The average molecular weight is 381 g/mol. The minimum atomic E-state index is -0.144. The molecule has 0 atom stereocenters. The number of nitrogens with one attached hydrogen (secondary N) is 2. The zero-order chi connectivity index (χ0) is 19.8. The molecule has 0 spiro atoms. The summed E-state index contributed by atoms with van der Waals surface area (Å²) in [5.41, 5.74) is 1.62. The first-order chi connectivity index (χ1) is 13.7. The molecule has 7 nitrogen and oxygen atoms in total. The van der Waals surface area contributed by atoms with Gasteiger partial charge in [-0.2, -0.15) is 0 Å². The molecule has 1 heterocycles. The van der Waals surface area contributed by atoms with E-state index in [1.165, 1.54) is 0 Å². The number of carbonyl (C=O) groups is 1. The van der Waals surface area contributed by atoms with Crippen molar-refractivity contribution in [1.82, 2.24) is 10.2 Å². The Morgan fingerprint density at radius 3 is 2.39 bits per heavy atom. The van der Waals surface area contributed by atoms with Crippen LogP contribution in [-0.2, 0) is 4.79 Å². The van der Waals surface area contributed by atoms with Crippen molar-refractivity contribution in [2.45, 2.75) is 6.92 Å². The fraction of sp³-hybridized carbons (Fsp3) is 0.333. The standard InChI is InChI=1S/C21H27N5O2/c1-2-22-21(23-16-20(28)24-17-8-4-3-5-9-17)26-14-12-25(13-15-26)18-10-6-7-11-19(18)27/h3-11,27H,2,12-16H2,1H3,(H,22,23)(H,24,28). The van der Waals surface area contributed by atoms with Crippen LogP contribution in [0.2, 0.25) is 0 Å². The van der Waals surface area contributed by atoms with Gasteiger partial charge in [0.1, 0.15) is 12.3 Å². The highest BCUT2D eigenvalue weighted by molar-refractivity contribution is 5.94. The molecule has 1 aliphatic rings. The quantitative estimate of drug-likeness (QED) is 0.546. The molecule has 28 heavy (non-hydrogen) atoms. The zero-order valence-corrected chi connectivity index (χ0v) is 16.1. The van der Waals surface area contributed by atoms with Gasteiger partial charge in [-0.3, -0.25) is 4.79 Å². The lowest BCUT2D eigenvalue weighted by molar-refractivity contribution is -0.114. The second-order valence-corrected chi connectivity index (χ2v) is 6.55.